The number of carboxylic acid groups (broad SMARTS) is 1. The fourth-order valence-corrected chi connectivity index (χ4v) is 3.64. The molecular formula is C11H14N4O3S. The van der Waals surface area contributed by atoms with E-state index >= 15 is 0 Å². The van der Waals surface area contributed by atoms with Crippen molar-refractivity contribution in [2.24, 2.45) is 5.11 Å². The molecule has 0 bridgehead atoms. The lowest BCUT2D eigenvalue weighted by Gasteiger charge is -2.33. The van der Waals surface area contributed by atoms with E-state index in [2.05, 4.69) is 10.0 Å². The number of hydrogen-bond donors (Lipinski definition) is 1. The number of hydrogen-bond acceptors (Lipinski definition) is 4. The number of fused-ring (bicyclic) bond motifs is 1. The monoisotopic (exact) mass is 282 g/mol. The number of rotatable bonds is 7. The number of nitrogens with zero attached hydrogens (tertiary/aromatic N) is 4. The molecule has 7 nitrogen and oxygen atoms in total. The smallest absolute Gasteiger partial charge is 0.353 e. The summed E-state index contributed by atoms with van der Waals surface area (Å²) in [5, 5.41) is 12.6. The maximum Gasteiger partial charge on any atom is 0.353 e. The Hall–Kier alpha value is -1.66. The lowest BCUT2D eigenvalue weighted by Crippen LogP contribution is -2.48. The molecule has 0 aromatic carbocycles. The third-order valence-electron chi connectivity index (χ3n) is 3.12. The maximum atomic E-state index is 11.4. The average molecular weight is 282 g/mol. The van der Waals surface area contributed by atoms with Gasteiger partial charge in [-0.05, 0) is 24.8 Å². The predicted octanol–water partition coefficient (Wildman–Crippen LogP) is 2.46. The van der Waals surface area contributed by atoms with E-state index in [-0.39, 0.29) is 17.0 Å². The van der Waals surface area contributed by atoms with Gasteiger partial charge in [0.25, 0.3) is 0 Å². The quantitative estimate of drug-likeness (QED) is 0.254. The van der Waals surface area contributed by atoms with Gasteiger partial charge in [-0.2, -0.15) is 0 Å². The zero-order chi connectivity index (χ0) is 13.8. The highest BCUT2D eigenvalue weighted by Gasteiger charge is 2.47. The van der Waals surface area contributed by atoms with Crippen molar-refractivity contribution in [2.75, 3.05) is 6.54 Å². The molecule has 0 saturated carbocycles. The Kier molecular flexibility index (Phi) is 4.34. The maximum absolute atomic E-state index is 11.4. The lowest BCUT2D eigenvalue weighted by atomic mass is 10.1. The van der Waals surface area contributed by atoms with Gasteiger partial charge in [-0.3, -0.25) is 9.69 Å². The fraction of sp³-hybridized carbons (Fsp3) is 0.636. The van der Waals surface area contributed by atoms with Crippen LogP contribution < -0.4 is 0 Å². The molecule has 2 aliphatic rings. The number of unbranched alkanes of at least 4 members (excludes halogenated alkanes) is 2. The van der Waals surface area contributed by atoms with Crippen LogP contribution in [0, 0.1) is 0 Å². The molecule has 1 atom stereocenters. The highest BCUT2D eigenvalue weighted by atomic mass is 32.2. The highest BCUT2D eigenvalue weighted by molar-refractivity contribution is 8.04. The molecule has 0 aliphatic carbocycles. The van der Waals surface area contributed by atoms with Crippen molar-refractivity contribution in [2.45, 2.75) is 37.5 Å². The van der Waals surface area contributed by atoms with E-state index in [9.17, 15) is 14.7 Å². The van der Waals surface area contributed by atoms with E-state index < -0.39 is 5.97 Å². The average Bonchev–Trinajstić information content (AvgIpc) is 2.66. The molecule has 0 aromatic rings. The van der Waals surface area contributed by atoms with Gasteiger partial charge in [0, 0.05) is 16.4 Å². The van der Waals surface area contributed by atoms with E-state index in [0.29, 0.717) is 19.4 Å². The largest absolute Gasteiger partial charge is 0.477 e. The van der Waals surface area contributed by atoms with E-state index in [4.69, 9.17) is 5.53 Å². The van der Waals surface area contributed by atoms with Crippen LogP contribution in [-0.4, -0.2) is 33.8 Å². The molecule has 1 fully saturated rings. The predicted molar refractivity (Wildman–Crippen MR) is 70.0 cm³/mol. The normalized spacial score (nSPS) is 20.9. The Morgan fingerprint density at radius 1 is 1.53 bits per heavy atom. The highest BCUT2D eigenvalue weighted by Crippen LogP contribution is 2.47. The summed E-state index contributed by atoms with van der Waals surface area (Å²) in [6.07, 6.45) is 3.63. The minimum absolute atomic E-state index is 0.00297. The van der Waals surface area contributed by atoms with Crippen LogP contribution >= 0.6 is 11.8 Å². The summed E-state index contributed by atoms with van der Waals surface area (Å²) in [5.41, 5.74) is 8.29. The van der Waals surface area contributed by atoms with Gasteiger partial charge in [-0.25, -0.2) is 4.79 Å². The van der Waals surface area contributed by atoms with Crippen LogP contribution in [0.15, 0.2) is 15.7 Å². The zero-order valence-electron chi connectivity index (χ0n) is 10.3. The van der Waals surface area contributed by atoms with Crippen molar-refractivity contribution in [3.05, 3.63) is 21.0 Å². The van der Waals surface area contributed by atoms with Crippen LogP contribution in [0.2, 0.25) is 0 Å². The van der Waals surface area contributed by atoms with Crippen LogP contribution in [-0.2, 0) is 9.59 Å². The first-order chi connectivity index (χ1) is 9.15. The summed E-state index contributed by atoms with van der Waals surface area (Å²) in [7, 11) is 0. The molecular weight excluding hydrogens is 268 g/mol. The molecule has 102 valence electrons. The molecule has 8 heteroatoms. The van der Waals surface area contributed by atoms with Gasteiger partial charge in [-0.15, -0.1) is 11.8 Å². The second kappa shape index (κ2) is 5.99. The molecule has 0 spiro atoms. The second-order valence-corrected chi connectivity index (χ2v) is 5.66. The molecule has 2 aliphatic heterocycles. The molecule has 2 rings (SSSR count). The summed E-state index contributed by atoms with van der Waals surface area (Å²) in [6.45, 7) is 0.474. The number of thioether (sulfide) groups is 1. The third kappa shape index (κ3) is 2.85. The number of allylic oxidation sites excluding steroid dienone is 1. The first kappa shape index (κ1) is 13.8. The van der Waals surface area contributed by atoms with Gasteiger partial charge >= 0.3 is 5.97 Å². The first-order valence-electron chi connectivity index (χ1n) is 6.11. The van der Waals surface area contributed by atoms with Gasteiger partial charge in [0.05, 0.1) is 11.8 Å². The van der Waals surface area contributed by atoms with Crippen molar-refractivity contribution in [3.63, 3.8) is 0 Å². The van der Waals surface area contributed by atoms with Crippen LogP contribution in [0.1, 0.15) is 32.1 Å². The number of azide groups is 1. The summed E-state index contributed by atoms with van der Waals surface area (Å²) in [4.78, 5) is 27.5. The summed E-state index contributed by atoms with van der Waals surface area (Å²) in [5.74, 6) is -1.12. The van der Waals surface area contributed by atoms with Gasteiger partial charge in [0.1, 0.15) is 5.70 Å². The summed E-state index contributed by atoms with van der Waals surface area (Å²) in [6, 6.07) is 0. The molecule has 2 heterocycles. The van der Waals surface area contributed by atoms with E-state index in [1.807, 2.05) is 0 Å². The Morgan fingerprint density at radius 3 is 2.95 bits per heavy atom. The first-order valence-corrected chi connectivity index (χ1v) is 6.99. The molecule has 0 radical (unpaired) electrons. The van der Waals surface area contributed by atoms with Gasteiger partial charge in [-0.1, -0.05) is 11.5 Å². The minimum atomic E-state index is -1.02. The standard InChI is InChI=1S/C11H14N4O3S/c12-14-13-5-3-1-2-4-7-10(11(17)18)15-8(16)6-9(15)19-7/h9H,1-6H2,(H,17,18)/t9-/m0/s1. The fourth-order valence-electron chi connectivity index (χ4n) is 2.19. The number of aliphatic carboxylic acids is 1. The lowest BCUT2D eigenvalue weighted by molar-refractivity contribution is -0.145. The molecule has 0 unspecified atom stereocenters. The van der Waals surface area contributed by atoms with Crippen molar-refractivity contribution >= 4 is 23.6 Å². The summed E-state index contributed by atoms with van der Waals surface area (Å²) >= 11 is 1.49. The third-order valence-corrected chi connectivity index (χ3v) is 4.45. The van der Waals surface area contributed by atoms with E-state index in [0.717, 1.165) is 24.2 Å². The molecule has 1 amide bonds. The van der Waals surface area contributed by atoms with Gasteiger partial charge in [0.15, 0.2) is 0 Å². The van der Waals surface area contributed by atoms with Crippen LogP contribution in [0.5, 0.6) is 0 Å². The van der Waals surface area contributed by atoms with Crippen LogP contribution in [0.25, 0.3) is 10.4 Å². The molecule has 1 N–H and O–H groups in total. The van der Waals surface area contributed by atoms with E-state index in [1.165, 1.54) is 16.7 Å². The minimum Gasteiger partial charge on any atom is -0.477 e. The molecule has 1 saturated heterocycles. The Morgan fingerprint density at radius 2 is 2.32 bits per heavy atom. The zero-order valence-corrected chi connectivity index (χ0v) is 11.1. The summed E-state index contributed by atoms with van der Waals surface area (Å²) < 4.78 is 0. The SMILES string of the molecule is [N-]=[N+]=NCCCCCC1=C(C(=O)O)N2C(=O)C[C@@H]2S1. The van der Waals surface area contributed by atoms with Crippen LogP contribution in [0.4, 0.5) is 0 Å². The van der Waals surface area contributed by atoms with Crippen molar-refractivity contribution in [1.29, 1.82) is 0 Å². The number of carbonyl (C=O) groups is 2. The van der Waals surface area contributed by atoms with Crippen molar-refractivity contribution in [3.8, 4) is 0 Å². The van der Waals surface area contributed by atoms with Crippen molar-refractivity contribution < 1.29 is 14.7 Å². The molecule has 19 heavy (non-hydrogen) atoms. The van der Waals surface area contributed by atoms with Crippen LogP contribution in [0.3, 0.4) is 0 Å². The second-order valence-electron chi connectivity index (χ2n) is 4.38. The van der Waals surface area contributed by atoms with Crippen molar-refractivity contribution in [1.82, 2.24) is 4.90 Å². The van der Waals surface area contributed by atoms with Gasteiger partial charge in [0.2, 0.25) is 5.91 Å². The number of amides is 1. The Bertz CT molecular complexity index is 484. The number of carboxylic acids is 1. The Balaban J connectivity index is 1.87. The van der Waals surface area contributed by atoms with E-state index in [1.54, 1.807) is 0 Å². The Labute approximate surface area is 114 Å². The molecule has 0 aromatic heterocycles. The topological polar surface area (TPSA) is 106 Å². The number of carbonyl (C=O) groups excluding carboxylic acids is 1. The van der Waals surface area contributed by atoms with Gasteiger partial charge < -0.3 is 5.11 Å². The number of β-lactam (4-membered cyclic amide) rings is 1.